The van der Waals surface area contributed by atoms with Gasteiger partial charge in [0.1, 0.15) is 5.03 Å². The average molecular weight is 291 g/mol. The highest BCUT2D eigenvalue weighted by Crippen LogP contribution is 2.30. The van der Waals surface area contributed by atoms with Crippen LogP contribution >= 0.6 is 11.8 Å². The van der Waals surface area contributed by atoms with E-state index in [4.69, 9.17) is 10.9 Å². The summed E-state index contributed by atoms with van der Waals surface area (Å²) >= 11 is 1.21. The molecule has 0 unspecified atom stereocenters. The molecule has 0 aliphatic carbocycles. The summed E-state index contributed by atoms with van der Waals surface area (Å²) in [5, 5.41) is 23.0. The van der Waals surface area contributed by atoms with Gasteiger partial charge in [0.05, 0.1) is 11.1 Å². The van der Waals surface area contributed by atoms with Gasteiger partial charge in [0, 0.05) is 35.0 Å². The first-order valence-corrected chi connectivity index (χ1v) is 6.13. The summed E-state index contributed by atoms with van der Waals surface area (Å²) in [5.41, 5.74) is 5.66. The maximum absolute atomic E-state index is 10.8. The second kappa shape index (κ2) is 5.97. The molecule has 0 saturated carbocycles. The van der Waals surface area contributed by atoms with E-state index in [1.807, 2.05) is 0 Å². The van der Waals surface area contributed by atoms with Crippen LogP contribution in [-0.2, 0) is 0 Å². The highest BCUT2D eigenvalue weighted by Gasteiger charge is 2.15. The fourth-order valence-electron chi connectivity index (χ4n) is 1.43. The Bertz CT molecular complexity index is 662. The van der Waals surface area contributed by atoms with E-state index in [1.165, 1.54) is 42.4 Å². The highest BCUT2D eigenvalue weighted by molar-refractivity contribution is 7.99. The first kappa shape index (κ1) is 13.7. The Labute approximate surface area is 117 Å². The van der Waals surface area contributed by atoms with Crippen LogP contribution in [-0.4, -0.2) is 25.9 Å². The van der Waals surface area contributed by atoms with Gasteiger partial charge in [0.2, 0.25) is 0 Å². The molecule has 0 spiro atoms. The zero-order valence-corrected chi connectivity index (χ0v) is 10.8. The maximum atomic E-state index is 10.8. The Morgan fingerprint density at radius 3 is 2.85 bits per heavy atom. The largest absolute Gasteiger partial charge is 0.409 e. The third kappa shape index (κ3) is 3.01. The number of non-ortho nitro benzene ring substituents is 1. The predicted octanol–water partition coefficient (Wildman–Crippen LogP) is 1.63. The molecule has 0 bridgehead atoms. The molecule has 2 aromatic rings. The molecule has 8 nitrogen and oxygen atoms in total. The molecule has 9 heteroatoms. The molecule has 0 saturated heterocycles. The second-order valence-electron chi connectivity index (χ2n) is 3.57. The minimum atomic E-state index is -0.551. The first-order chi connectivity index (χ1) is 9.61. The number of benzene rings is 1. The van der Waals surface area contributed by atoms with E-state index in [-0.39, 0.29) is 17.1 Å². The molecule has 0 amide bonds. The average Bonchev–Trinajstić information content (AvgIpc) is 2.47. The fraction of sp³-hybridized carbons (Fsp3) is 0. The minimum absolute atomic E-state index is 0.143. The Morgan fingerprint density at radius 2 is 2.25 bits per heavy atom. The maximum Gasteiger partial charge on any atom is 0.270 e. The summed E-state index contributed by atoms with van der Waals surface area (Å²) < 4.78 is 0. The molecule has 0 fully saturated rings. The molecular weight excluding hydrogens is 282 g/mol. The van der Waals surface area contributed by atoms with Crippen molar-refractivity contribution in [3.05, 3.63) is 52.5 Å². The van der Waals surface area contributed by atoms with Crippen molar-refractivity contribution in [2.45, 2.75) is 9.92 Å². The van der Waals surface area contributed by atoms with Crippen molar-refractivity contribution in [2.24, 2.45) is 10.9 Å². The van der Waals surface area contributed by atoms with E-state index < -0.39 is 4.92 Å². The lowest BCUT2D eigenvalue weighted by molar-refractivity contribution is -0.384. The van der Waals surface area contributed by atoms with Crippen LogP contribution in [0.15, 0.2) is 51.9 Å². The number of nitrogens with zero attached hydrogens (tertiary/aromatic N) is 4. The van der Waals surface area contributed by atoms with E-state index in [2.05, 4.69) is 15.1 Å². The van der Waals surface area contributed by atoms with Crippen LogP contribution in [0.2, 0.25) is 0 Å². The number of amidine groups is 1. The summed E-state index contributed by atoms with van der Waals surface area (Å²) in [6, 6.07) is 4.10. The Balaban J connectivity index is 2.44. The van der Waals surface area contributed by atoms with Gasteiger partial charge in [0.15, 0.2) is 5.84 Å². The van der Waals surface area contributed by atoms with Crippen LogP contribution in [0.5, 0.6) is 0 Å². The smallest absolute Gasteiger partial charge is 0.270 e. The molecule has 1 aromatic carbocycles. The summed E-state index contributed by atoms with van der Waals surface area (Å²) in [4.78, 5) is 18.8. The summed E-state index contributed by atoms with van der Waals surface area (Å²) in [5.74, 6) is -0.208. The van der Waals surface area contributed by atoms with Gasteiger partial charge in [-0.2, -0.15) is 0 Å². The third-order valence-electron chi connectivity index (χ3n) is 2.31. The molecule has 0 aliphatic rings. The summed E-state index contributed by atoms with van der Waals surface area (Å²) in [7, 11) is 0. The van der Waals surface area contributed by atoms with Crippen molar-refractivity contribution >= 4 is 23.3 Å². The fourth-order valence-corrected chi connectivity index (χ4v) is 2.29. The Hall–Kier alpha value is -2.68. The van der Waals surface area contributed by atoms with Crippen LogP contribution in [0.25, 0.3) is 0 Å². The molecule has 3 N–H and O–H groups in total. The minimum Gasteiger partial charge on any atom is -0.409 e. The van der Waals surface area contributed by atoms with Gasteiger partial charge in [-0.25, -0.2) is 4.98 Å². The normalized spacial score (nSPS) is 11.3. The van der Waals surface area contributed by atoms with E-state index in [9.17, 15) is 10.1 Å². The van der Waals surface area contributed by atoms with Crippen molar-refractivity contribution in [3.63, 3.8) is 0 Å². The summed E-state index contributed by atoms with van der Waals surface area (Å²) in [6.07, 6.45) is 4.60. The molecule has 0 radical (unpaired) electrons. The first-order valence-electron chi connectivity index (χ1n) is 5.32. The molecule has 102 valence electrons. The van der Waals surface area contributed by atoms with Crippen LogP contribution in [0.1, 0.15) is 5.56 Å². The number of hydrogen-bond donors (Lipinski definition) is 2. The number of rotatable bonds is 4. The molecule has 20 heavy (non-hydrogen) atoms. The van der Waals surface area contributed by atoms with Gasteiger partial charge >= 0.3 is 0 Å². The van der Waals surface area contributed by atoms with Crippen molar-refractivity contribution < 1.29 is 10.1 Å². The van der Waals surface area contributed by atoms with Crippen LogP contribution in [0, 0.1) is 10.1 Å². The van der Waals surface area contributed by atoms with Gasteiger partial charge in [0.25, 0.3) is 5.69 Å². The Kier molecular flexibility index (Phi) is 4.11. The van der Waals surface area contributed by atoms with Crippen molar-refractivity contribution in [3.8, 4) is 0 Å². The lowest BCUT2D eigenvalue weighted by Crippen LogP contribution is -2.14. The summed E-state index contributed by atoms with van der Waals surface area (Å²) in [6.45, 7) is 0. The van der Waals surface area contributed by atoms with E-state index in [1.54, 1.807) is 6.20 Å². The molecule has 1 heterocycles. The monoisotopic (exact) mass is 291 g/mol. The van der Waals surface area contributed by atoms with Gasteiger partial charge in [-0.1, -0.05) is 16.9 Å². The van der Waals surface area contributed by atoms with Gasteiger partial charge in [-0.05, 0) is 6.07 Å². The number of nitrogens with two attached hydrogens (primary N) is 1. The molecule has 2 rings (SSSR count). The zero-order valence-electron chi connectivity index (χ0n) is 10.0. The zero-order chi connectivity index (χ0) is 14.5. The second-order valence-corrected chi connectivity index (χ2v) is 4.63. The van der Waals surface area contributed by atoms with Gasteiger partial charge < -0.3 is 10.9 Å². The number of nitro groups is 1. The molecule has 0 aliphatic heterocycles. The molecule has 0 atom stereocenters. The topological polar surface area (TPSA) is 128 Å². The molecular formula is C11H9N5O3S. The van der Waals surface area contributed by atoms with E-state index in [0.29, 0.717) is 9.92 Å². The quantitative estimate of drug-likeness (QED) is 0.288. The standard InChI is InChI=1S/C11H9N5O3S/c12-11(15-17)8-5-7(16(18)19)1-2-9(8)20-10-6-13-3-4-14-10/h1-6,17H,(H2,12,15). The Morgan fingerprint density at radius 1 is 1.45 bits per heavy atom. The highest BCUT2D eigenvalue weighted by atomic mass is 32.2. The van der Waals surface area contributed by atoms with Crippen molar-refractivity contribution in [1.82, 2.24) is 9.97 Å². The van der Waals surface area contributed by atoms with Gasteiger partial charge in [-0.15, -0.1) is 0 Å². The third-order valence-corrected chi connectivity index (χ3v) is 3.31. The number of aromatic nitrogens is 2. The lowest BCUT2D eigenvalue weighted by atomic mass is 10.2. The molecule has 1 aromatic heterocycles. The van der Waals surface area contributed by atoms with Crippen molar-refractivity contribution in [2.75, 3.05) is 0 Å². The number of oxime groups is 1. The van der Waals surface area contributed by atoms with Crippen LogP contribution in [0.4, 0.5) is 5.69 Å². The predicted molar refractivity (Wildman–Crippen MR) is 71.8 cm³/mol. The number of hydrogen-bond acceptors (Lipinski definition) is 7. The van der Waals surface area contributed by atoms with Crippen molar-refractivity contribution in [1.29, 1.82) is 0 Å². The lowest BCUT2D eigenvalue weighted by Gasteiger charge is -2.07. The van der Waals surface area contributed by atoms with Crippen LogP contribution in [0.3, 0.4) is 0 Å². The SMILES string of the molecule is NC(=NO)c1cc([N+](=O)[O-])ccc1Sc1cnccn1. The van der Waals surface area contributed by atoms with E-state index >= 15 is 0 Å². The van der Waals surface area contributed by atoms with Crippen LogP contribution < -0.4 is 5.73 Å². The number of nitro benzene ring substituents is 1. The van der Waals surface area contributed by atoms with Gasteiger partial charge in [-0.3, -0.25) is 15.1 Å². The van der Waals surface area contributed by atoms with E-state index in [0.717, 1.165) is 0 Å².